The summed E-state index contributed by atoms with van der Waals surface area (Å²) in [7, 11) is 1.86. The van der Waals surface area contributed by atoms with Gasteiger partial charge in [0.1, 0.15) is 0 Å². The Labute approximate surface area is 130 Å². The van der Waals surface area contributed by atoms with Crippen molar-refractivity contribution in [3.8, 4) is 0 Å². The minimum absolute atomic E-state index is 0.730. The molecule has 1 atom stereocenters. The number of nitrogens with zero attached hydrogens (tertiary/aromatic N) is 3. The van der Waals surface area contributed by atoms with Crippen LogP contribution in [0.25, 0.3) is 0 Å². The molecule has 2 heterocycles. The van der Waals surface area contributed by atoms with Crippen molar-refractivity contribution in [3.05, 3.63) is 16.1 Å². The van der Waals surface area contributed by atoms with Gasteiger partial charge >= 0.3 is 0 Å². The fourth-order valence-corrected chi connectivity index (χ4v) is 4.18. The summed E-state index contributed by atoms with van der Waals surface area (Å²) in [5.74, 6) is 2.20. The van der Waals surface area contributed by atoms with Crippen molar-refractivity contribution in [3.63, 3.8) is 0 Å². The van der Waals surface area contributed by atoms with Gasteiger partial charge in [-0.2, -0.15) is 11.8 Å². The fourth-order valence-electron chi connectivity index (χ4n) is 2.25. The van der Waals surface area contributed by atoms with E-state index in [4.69, 9.17) is 0 Å². The highest BCUT2D eigenvalue weighted by molar-refractivity contribution is 8.00. The smallest absolute Gasteiger partial charge is 0.194 e. The third-order valence-electron chi connectivity index (χ3n) is 3.43. The van der Waals surface area contributed by atoms with Crippen LogP contribution in [-0.4, -0.2) is 47.0 Å². The molecule has 4 nitrogen and oxygen atoms in total. The van der Waals surface area contributed by atoms with Crippen molar-refractivity contribution in [1.29, 1.82) is 0 Å². The summed E-state index contributed by atoms with van der Waals surface area (Å²) in [6, 6.07) is 0. The van der Waals surface area contributed by atoms with E-state index in [0.717, 1.165) is 43.0 Å². The van der Waals surface area contributed by atoms with Crippen molar-refractivity contribution in [2.75, 3.05) is 25.9 Å². The van der Waals surface area contributed by atoms with E-state index in [0.29, 0.717) is 0 Å². The topological polar surface area (TPSA) is 40.5 Å². The zero-order valence-corrected chi connectivity index (χ0v) is 14.2. The Bertz CT molecular complexity index is 444. The summed E-state index contributed by atoms with van der Waals surface area (Å²) in [6.07, 6.45) is 2.24. The van der Waals surface area contributed by atoms with Gasteiger partial charge in [-0.05, 0) is 12.8 Å². The van der Waals surface area contributed by atoms with Crippen molar-refractivity contribution in [2.45, 2.75) is 38.5 Å². The van der Waals surface area contributed by atoms with Crippen LogP contribution in [-0.2, 0) is 13.0 Å². The van der Waals surface area contributed by atoms with Gasteiger partial charge in [0.2, 0.25) is 0 Å². The molecule has 0 amide bonds. The van der Waals surface area contributed by atoms with Crippen molar-refractivity contribution in [1.82, 2.24) is 15.2 Å². The highest BCUT2D eigenvalue weighted by Gasteiger charge is 2.21. The predicted octanol–water partition coefficient (Wildman–Crippen LogP) is 2.61. The first-order chi connectivity index (χ1) is 9.76. The molecule has 2 rings (SSSR count). The van der Waals surface area contributed by atoms with E-state index < -0.39 is 0 Å². The summed E-state index contributed by atoms with van der Waals surface area (Å²) >= 11 is 3.82. The van der Waals surface area contributed by atoms with Crippen molar-refractivity contribution < 1.29 is 0 Å². The molecular weight excluding hydrogens is 288 g/mol. The van der Waals surface area contributed by atoms with Gasteiger partial charge in [-0.15, -0.1) is 11.3 Å². The first-order valence-electron chi connectivity index (χ1n) is 7.27. The van der Waals surface area contributed by atoms with Crippen LogP contribution < -0.4 is 5.32 Å². The summed E-state index contributed by atoms with van der Waals surface area (Å²) in [4.78, 5) is 11.4. The second-order valence-electron chi connectivity index (χ2n) is 4.83. The Hall–Kier alpha value is -0.750. The maximum Gasteiger partial charge on any atom is 0.194 e. The van der Waals surface area contributed by atoms with E-state index in [9.17, 15) is 0 Å². The van der Waals surface area contributed by atoms with Gasteiger partial charge in [0.05, 0.1) is 17.2 Å². The molecule has 1 aliphatic rings. The highest BCUT2D eigenvalue weighted by atomic mass is 32.2. The SMILES string of the molecule is CCc1nc(CNC(=NC)N2CCSC(CC)C2)cs1. The zero-order valence-electron chi connectivity index (χ0n) is 12.6. The van der Waals surface area contributed by atoms with Gasteiger partial charge in [-0.1, -0.05) is 13.8 Å². The molecule has 1 N–H and O–H groups in total. The third kappa shape index (κ3) is 4.12. The van der Waals surface area contributed by atoms with E-state index in [1.54, 1.807) is 11.3 Å². The lowest BCUT2D eigenvalue weighted by molar-refractivity contribution is 0.408. The molecule has 20 heavy (non-hydrogen) atoms. The first kappa shape index (κ1) is 15.6. The Morgan fingerprint density at radius 2 is 2.40 bits per heavy atom. The molecule has 0 aliphatic carbocycles. The average molecular weight is 313 g/mol. The van der Waals surface area contributed by atoms with E-state index >= 15 is 0 Å². The molecule has 1 aliphatic heterocycles. The maximum atomic E-state index is 4.59. The summed E-state index contributed by atoms with van der Waals surface area (Å²) < 4.78 is 0. The molecule has 1 aromatic heterocycles. The van der Waals surface area contributed by atoms with Crippen LogP contribution in [0.5, 0.6) is 0 Å². The number of aromatic nitrogens is 1. The minimum atomic E-state index is 0.730. The third-order valence-corrected chi connectivity index (χ3v) is 5.85. The number of aliphatic imine (C=N–C) groups is 1. The molecule has 0 saturated carbocycles. The van der Waals surface area contributed by atoms with Crippen molar-refractivity contribution in [2.24, 2.45) is 4.99 Å². The number of aryl methyl sites for hydroxylation is 1. The number of hydrogen-bond acceptors (Lipinski definition) is 4. The van der Waals surface area contributed by atoms with Gasteiger partial charge in [-0.3, -0.25) is 4.99 Å². The Balaban J connectivity index is 1.88. The Kier molecular flexibility index (Phi) is 6.16. The van der Waals surface area contributed by atoms with Crippen LogP contribution in [0.15, 0.2) is 10.4 Å². The van der Waals surface area contributed by atoms with Crippen molar-refractivity contribution >= 4 is 29.1 Å². The van der Waals surface area contributed by atoms with Gasteiger partial charge in [0, 0.05) is 36.5 Å². The molecule has 0 aromatic carbocycles. The number of hydrogen-bond donors (Lipinski definition) is 1. The second-order valence-corrected chi connectivity index (χ2v) is 7.18. The number of rotatable bonds is 4. The lowest BCUT2D eigenvalue weighted by Crippen LogP contribution is -2.47. The standard InChI is InChI=1S/C14H24N4S2/c1-4-12-9-18(6-7-19-12)14(15-3)16-8-11-10-20-13(5-2)17-11/h10,12H,4-9H2,1-3H3,(H,15,16). The maximum absolute atomic E-state index is 4.59. The van der Waals surface area contributed by atoms with Gasteiger partial charge in [0.15, 0.2) is 5.96 Å². The lowest BCUT2D eigenvalue weighted by Gasteiger charge is -2.34. The van der Waals surface area contributed by atoms with Crippen LogP contribution in [0.4, 0.5) is 0 Å². The zero-order chi connectivity index (χ0) is 14.4. The van der Waals surface area contributed by atoms with E-state index in [-0.39, 0.29) is 0 Å². The number of guanidine groups is 1. The fraction of sp³-hybridized carbons (Fsp3) is 0.714. The number of thiazole rings is 1. The van der Waals surface area contributed by atoms with Crippen LogP contribution in [0.2, 0.25) is 0 Å². The monoisotopic (exact) mass is 312 g/mol. The van der Waals surface area contributed by atoms with Crippen LogP contribution >= 0.6 is 23.1 Å². The Morgan fingerprint density at radius 3 is 3.05 bits per heavy atom. The van der Waals surface area contributed by atoms with Crippen LogP contribution in [0, 0.1) is 0 Å². The molecule has 1 saturated heterocycles. The number of nitrogens with one attached hydrogen (secondary N) is 1. The van der Waals surface area contributed by atoms with Crippen LogP contribution in [0.3, 0.4) is 0 Å². The van der Waals surface area contributed by atoms with Crippen LogP contribution in [0.1, 0.15) is 31.0 Å². The van der Waals surface area contributed by atoms with Gasteiger partial charge in [-0.25, -0.2) is 4.98 Å². The molecule has 0 bridgehead atoms. The quantitative estimate of drug-likeness (QED) is 0.685. The molecule has 112 valence electrons. The van der Waals surface area contributed by atoms with Gasteiger partial charge in [0.25, 0.3) is 0 Å². The van der Waals surface area contributed by atoms with E-state index in [1.165, 1.54) is 17.2 Å². The highest BCUT2D eigenvalue weighted by Crippen LogP contribution is 2.21. The molecular formula is C14H24N4S2. The van der Waals surface area contributed by atoms with E-state index in [1.807, 2.05) is 7.05 Å². The lowest BCUT2D eigenvalue weighted by atomic mass is 10.3. The molecule has 0 radical (unpaired) electrons. The molecule has 1 aromatic rings. The molecule has 6 heteroatoms. The predicted molar refractivity (Wildman–Crippen MR) is 89.8 cm³/mol. The molecule has 0 spiro atoms. The Morgan fingerprint density at radius 1 is 1.55 bits per heavy atom. The average Bonchev–Trinajstić information content (AvgIpc) is 2.96. The summed E-state index contributed by atoms with van der Waals surface area (Å²) in [6.45, 7) is 7.35. The minimum Gasteiger partial charge on any atom is -0.351 e. The largest absolute Gasteiger partial charge is 0.351 e. The second kappa shape index (κ2) is 7.88. The first-order valence-corrected chi connectivity index (χ1v) is 9.20. The van der Waals surface area contributed by atoms with E-state index in [2.05, 4.69) is 51.2 Å². The normalized spacial score (nSPS) is 20.2. The van der Waals surface area contributed by atoms with Gasteiger partial charge < -0.3 is 10.2 Å². The molecule has 1 unspecified atom stereocenters. The molecule has 1 fully saturated rings. The summed E-state index contributed by atoms with van der Waals surface area (Å²) in [5, 5.41) is 7.52. The number of thioether (sulfide) groups is 1. The summed E-state index contributed by atoms with van der Waals surface area (Å²) in [5.41, 5.74) is 1.12.